The highest BCUT2D eigenvalue weighted by molar-refractivity contribution is 7.92. The Morgan fingerprint density at radius 2 is 1.72 bits per heavy atom. The molecule has 29 heavy (non-hydrogen) atoms. The molecule has 0 spiro atoms. The number of sulfonamides is 1. The van der Waals surface area contributed by atoms with Crippen LogP contribution in [0.5, 0.6) is 5.75 Å². The van der Waals surface area contributed by atoms with Crippen molar-refractivity contribution < 1.29 is 17.9 Å². The number of amides is 1. The lowest BCUT2D eigenvalue weighted by Gasteiger charge is -2.12. The Balaban J connectivity index is 1.84. The first-order chi connectivity index (χ1) is 13.8. The van der Waals surface area contributed by atoms with Gasteiger partial charge in [-0.2, -0.15) is 0 Å². The molecule has 0 aliphatic rings. The molecular weight excluding hydrogens is 390 g/mol. The van der Waals surface area contributed by atoms with Gasteiger partial charge in [-0.05, 0) is 67.4 Å². The molecule has 0 aliphatic heterocycles. The van der Waals surface area contributed by atoms with E-state index in [2.05, 4.69) is 15.0 Å². The van der Waals surface area contributed by atoms with Gasteiger partial charge < -0.3 is 10.1 Å². The van der Waals surface area contributed by atoms with Crippen LogP contribution in [0.2, 0.25) is 0 Å². The van der Waals surface area contributed by atoms with Crippen LogP contribution in [-0.4, -0.2) is 26.4 Å². The summed E-state index contributed by atoms with van der Waals surface area (Å²) in [5.41, 5.74) is 2.26. The number of anilines is 2. The van der Waals surface area contributed by atoms with Crippen LogP contribution in [0.25, 0.3) is 0 Å². The molecule has 0 unspecified atom stereocenters. The lowest BCUT2D eigenvalue weighted by Crippen LogP contribution is -2.17. The number of carbonyl (C=O) groups is 1. The van der Waals surface area contributed by atoms with Crippen molar-refractivity contribution in [3.63, 3.8) is 0 Å². The minimum atomic E-state index is -3.87. The minimum absolute atomic E-state index is 0.0130. The van der Waals surface area contributed by atoms with Gasteiger partial charge in [0.25, 0.3) is 15.9 Å². The minimum Gasteiger partial charge on any atom is -0.497 e. The molecule has 2 aromatic carbocycles. The molecule has 7 nitrogen and oxygen atoms in total. The third-order valence-electron chi connectivity index (χ3n) is 4.26. The van der Waals surface area contributed by atoms with Crippen molar-refractivity contribution >= 4 is 27.4 Å². The van der Waals surface area contributed by atoms with Gasteiger partial charge in [0.1, 0.15) is 11.6 Å². The number of nitrogens with zero attached hydrogens (tertiary/aromatic N) is 1. The standard InChI is InChI=1S/C21H21N3O4S/c1-14-4-11-20(22-13-14)23-21(25)19-12-18(10-5-15(19)2)29(26,27)24-16-6-8-17(28-3)9-7-16/h4-13,24H,1-3H3,(H,22,23,25). The lowest BCUT2D eigenvalue weighted by molar-refractivity contribution is 0.102. The Labute approximate surface area is 169 Å². The number of hydrogen-bond donors (Lipinski definition) is 2. The second-order valence-electron chi connectivity index (χ2n) is 6.49. The third-order valence-corrected chi connectivity index (χ3v) is 5.64. The van der Waals surface area contributed by atoms with Crippen LogP contribution in [0.4, 0.5) is 11.5 Å². The van der Waals surface area contributed by atoms with Crippen molar-refractivity contribution in [1.29, 1.82) is 0 Å². The smallest absolute Gasteiger partial charge is 0.261 e. The lowest BCUT2D eigenvalue weighted by atomic mass is 10.1. The SMILES string of the molecule is COc1ccc(NS(=O)(=O)c2ccc(C)c(C(=O)Nc3ccc(C)cn3)c2)cc1. The van der Waals surface area contributed by atoms with E-state index in [1.54, 1.807) is 49.5 Å². The maximum absolute atomic E-state index is 12.8. The monoisotopic (exact) mass is 411 g/mol. The highest BCUT2D eigenvalue weighted by Crippen LogP contribution is 2.22. The number of aromatic nitrogens is 1. The molecule has 0 aliphatic carbocycles. The molecule has 0 atom stereocenters. The molecule has 0 saturated carbocycles. The van der Waals surface area contributed by atoms with Crippen LogP contribution in [-0.2, 0) is 10.0 Å². The van der Waals surface area contributed by atoms with E-state index in [1.807, 2.05) is 13.0 Å². The second-order valence-corrected chi connectivity index (χ2v) is 8.17. The van der Waals surface area contributed by atoms with E-state index in [9.17, 15) is 13.2 Å². The van der Waals surface area contributed by atoms with E-state index >= 15 is 0 Å². The zero-order valence-corrected chi connectivity index (χ0v) is 17.1. The van der Waals surface area contributed by atoms with Gasteiger partial charge in [0.05, 0.1) is 12.0 Å². The molecule has 3 aromatic rings. The van der Waals surface area contributed by atoms with Crippen molar-refractivity contribution in [2.45, 2.75) is 18.7 Å². The fourth-order valence-corrected chi connectivity index (χ4v) is 3.70. The van der Waals surface area contributed by atoms with Crippen LogP contribution in [0.1, 0.15) is 21.5 Å². The van der Waals surface area contributed by atoms with Crippen molar-refractivity contribution in [1.82, 2.24) is 4.98 Å². The maximum Gasteiger partial charge on any atom is 0.261 e. The number of carbonyl (C=O) groups excluding carboxylic acids is 1. The van der Waals surface area contributed by atoms with Crippen molar-refractivity contribution in [3.8, 4) is 5.75 Å². The summed E-state index contributed by atoms with van der Waals surface area (Å²) in [6, 6.07) is 14.4. The molecule has 1 aromatic heterocycles. The van der Waals surface area contributed by atoms with Gasteiger partial charge in [0.15, 0.2) is 0 Å². The van der Waals surface area contributed by atoms with Gasteiger partial charge in [-0.15, -0.1) is 0 Å². The van der Waals surface area contributed by atoms with Crippen LogP contribution in [0.3, 0.4) is 0 Å². The summed E-state index contributed by atoms with van der Waals surface area (Å²) in [5.74, 6) is 0.580. The molecule has 3 rings (SSSR count). The molecule has 8 heteroatoms. The fraction of sp³-hybridized carbons (Fsp3) is 0.143. The zero-order chi connectivity index (χ0) is 21.0. The first-order valence-corrected chi connectivity index (χ1v) is 10.3. The van der Waals surface area contributed by atoms with E-state index < -0.39 is 15.9 Å². The predicted molar refractivity (Wildman–Crippen MR) is 112 cm³/mol. The number of hydrogen-bond acceptors (Lipinski definition) is 5. The highest BCUT2D eigenvalue weighted by Gasteiger charge is 2.18. The number of nitrogens with one attached hydrogen (secondary N) is 2. The molecule has 0 bridgehead atoms. The van der Waals surface area contributed by atoms with Crippen LogP contribution >= 0.6 is 0 Å². The number of benzene rings is 2. The van der Waals surface area contributed by atoms with Crippen molar-refractivity contribution in [2.24, 2.45) is 0 Å². The Hall–Kier alpha value is -3.39. The fourth-order valence-electron chi connectivity index (χ4n) is 2.61. The Kier molecular flexibility index (Phi) is 5.84. The van der Waals surface area contributed by atoms with Crippen molar-refractivity contribution in [2.75, 3.05) is 17.1 Å². The average molecular weight is 411 g/mol. The molecule has 1 amide bonds. The van der Waals surface area contributed by atoms with Crippen molar-refractivity contribution in [3.05, 3.63) is 77.5 Å². The van der Waals surface area contributed by atoms with Gasteiger partial charge in [0.2, 0.25) is 0 Å². The van der Waals surface area contributed by atoms with E-state index in [4.69, 9.17) is 4.74 Å². The zero-order valence-electron chi connectivity index (χ0n) is 16.3. The highest BCUT2D eigenvalue weighted by atomic mass is 32.2. The first-order valence-electron chi connectivity index (χ1n) is 8.80. The average Bonchev–Trinajstić information content (AvgIpc) is 2.70. The summed E-state index contributed by atoms with van der Waals surface area (Å²) in [7, 11) is -2.34. The van der Waals surface area contributed by atoms with E-state index in [1.165, 1.54) is 19.2 Å². The summed E-state index contributed by atoms with van der Waals surface area (Å²) in [6.07, 6.45) is 1.64. The van der Waals surface area contributed by atoms with Crippen LogP contribution in [0, 0.1) is 13.8 Å². The maximum atomic E-state index is 12.8. The number of methoxy groups -OCH3 is 1. The molecular formula is C21H21N3O4S. The summed E-state index contributed by atoms with van der Waals surface area (Å²) in [4.78, 5) is 16.8. The Morgan fingerprint density at radius 3 is 2.34 bits per heavy atom. The summed E-state index contributed by atoms with van der Waals surface area (Å²) >= 11 is 0. The topological polar surface area (TPSA) is 97.4 Å². The number of aryl methyl sites for hydroxylation is 2. The molecule has 150 valence electrons. The predicted octanol–water partition coefficient (Wildman–Crippen LogP) is 3.76. The Bertz CT molecular complexity index is 1130. The van der Waals surface area contributed by atoms with E-state index in [0.717, 1.165) is 5.56 Å². The second kappa shape index (κ2) is 8.32. The number of rotatable bonds is 6. The Morgan fingerprint density at radius 1 is 1.00 bits per heavy atom. The molecule has 1 heterocycles. The molecule has 0 fully saturated rings. The quantitative estimate of drug-likeness (QED) is 0.644. The third kappa shape index (κ3) is 4.91. The largest absolute Gasteiger partial charge is 0.497 e. The van der Waals surface area contributed by atoms with Gasteiger partial charge in [-0.3, -0.25) is 9.52 Å². The number of pyridine rings is 1. The first kappa shape index (κ1) is 20.3. The van der Waals surface area contributed by atoms with Gasteiger partial charge in [0, 0.05) is 17.4 Å². The molecule has 0 saturated heterocycles. The van der Waals surface area contributed by atoms with E-state index in [-0.39, 0.29) is 10.5 Å². The van der Waals surface area contributed by atoms with E-state index in [0.29, 0.717) is 22.8 Å². The molecule has 2 N–H and O–H groups in total. The van der Waals surface area contributed by atoms with Crippen LogP contribution in [0.15, 0.2) is 65.7 Å². The summed E-state index contributed by atoms with van der Waals surface area (Å²) in [5, 5.41) is 2.69. The van der Waals surface area contributed by atoms with Gasteiger partial charge in [-0.25, -0.2) is 13.4 Å². The van der Waals surface area contributed by atoms with Gasteiger partial charge in [-0.1, -0.05) is 12.1 Å². The normalized spacial score (nSPS) is 11.0. The van der Waals surface area contributed by atoms with Crippen LogP contribution < -0.4 is 14.8 Å². The summed E-state index contributed by atoms with van der Waals surface area (Å²) in [6.45, 7) is 3.64. The molecule has 0 radical (unpaired) electrons. The van der Waals surface area contributed by atoms with Gasteiger partial charge >= 0.3 is 0 Å². The summed E-state index contributed by atoms with van der Waals surface area (Å²) < 4.78 is 33.1. The number of ether oxygens (including phenoxy) is 1.